The van der Waals surface area contributed by atoms with Crippen molar-refractivity contribution in [1.82, 2.24) is 25.0 Å². The van der Waals surface area contributed by atoms with Crippen LogP contribution in [0.3, 0.4) is 0 Å². The molecule has 0 aliphatic carbocycles. The van der Waals surface area contributed by atoms with E-state index in [0.717, 1.165) is 0 Å². The van der Waals surface area contributed by atoms with Gasteiger partial charge in [0, 0.05) is 50.3 Å². The van der Waals surface area contributed by atoms with Crippen molar-refractivity contribution in [1.29, 1.82) is 0 Å². The molecule has 2 amide bonds. The second kappa shape index (κ2) is 12.0. The number of hydrogen-bond acceptors (Lipinski definition) is 8. The van der Waals surface area contributed by atoms with Crippen molar-refractivity contribution < 1.29 is 14.0 Å². The molecule has 0 spiro atoms. The number of aromatic nitrogens is 1. The maximum Gasteiger partial charge on any atom is 0.242 e. The summed E-state index contributed by atoms with van der Waals surface area (Å²) in [5.74, 6) is 0.321. The van der Waals surface area contributed by atoms with Gasteiger partial charge in [-0.3, -0.25) is 24.4 Å². The number of allylic oxidation sites excluding steroid dienone is 1. The highest BCUT2D eigenvalue weighted by Gasteiger charge is 2.24. The van der Waals surface area contributed by atoms with Gasteiger partial charge in [0.05, 0.1) is 30.7 Å². The third kappa shape index (κ3) is 6.79. The highest BCUT2D eigenvalue weighted by molar-refractivity contribution is 5.91. The lowest BCUT2D eigenvalue weighted by molar-refractivity contribution is -0.132. The van der Waals surface area contributed by atoms with Crippen LogP contribution in [0.5, 0.6) is 0 Å². The summed E-state index contributed by atoms with van der Waals surface area (Å²) in [6, 6.07) is 11.1. The molecule has 1 aromatic carbocycles. The number of benzene rings is 1. The van der Waals surface area contributed by atoms with Crippen LogP contribution in [-0.4, -0.2) is 77.0 Å². The Labute approximate surface area is 214 Å². The van der Waals surface area contributed by atoms with E-state index in [1.807, 2.05) is 4.90 Å². The van der Waals surface area contributed by atoms with Gasteiger partial charge in [-0.05, 0) is 36.4 Å². The van der Waals surface area contributed by atoms with E-state index in [1.54, 1.807) is 64.9 Å². The molecular weight excluding hydrogens is 475 g/mol. The zero-order valence-electron chi connectivity index (χ0n) is 20.3. The number of aliphatic imine (C=N–C) groups is 1. The quantitative estimate of drug-likeness (QED) is 0.499. The molecule has 2 aliphatic heterocycles. The van der Waals surface area contributed by atoms with Crippen LogP contribution < -0.4 is 16.4 Å². The third-order valence-corrected chi connectivity index (χ3v) is 5.92. The number of piperazine rings is 1. The van der Waals surface area contributed by atoms with Gasteiger partial charge in [-0.25, -0.2) is 9.37 Å². The fourth-order valence-corrected chi connectivity index (χ4v) is 3.94. The molecule has 0 bridgehead atoms. The number of carbonyl (C=O) groups excluding carboxylic acids is 2. The molecule has 0 atom stereocenters. The van der Waals surface area contributed by atoms with Crippen LogP contribution >= 0.6 is 0 Å². The summed E-state index contributed by atoms with van der Waals surface area (Å²) in [5, 5.41) is 5.91. The van der Waals surface area contributed by atoms with Gasteiger partial charge in [-0.2, -0.15) is 0 Å². The van der Waals surface area contributed by atoms with E-state index in [0.29, 0.717) is 54.8 Å². The Morgan fingerprint density at radius 3 is 2.51 bits per heavy atom. The minimum absolute atomic E-state index is 0.00778. The van der Waals surface area contributed by atoms with Crippen molar-refractivity contribution in [3.63, 3.8) is 0 Å². The molecular formula is C26H29FN8O2. The first kappa shape index (κ1) is 25.6. The van der Waals surface area contributed by atoms with Crippen LogP contribution in [0.25, 0.3) is 5.70 Å². The Morgan fingerprint density at radius 1 is 1.08 bits per heavy atom. The van der Waals surface area contributed by atoms with Crippen LogP contribution in [0, 0.1) is 5.82 Å². The molecule has 2 aromatic rings. The molecule has 1 saturated heterocycles. The largest absolute Gasteiger partial charge is 0.395 e. The van der Waals surface area contributed by atoms with Crippen molar-refractivity contribution in [3.8, 4) is 0 Å². The van der Waals surface area contributed by atoms with E-state index in [9.17, 15) is 14.0 Å². The number of nitrogens with one attached hydrogen (secondary N) is 2. The first-order valence-corrected chi connectivity index (χ1v) is 11.8. The Balaban J connectivity index is 1.34. The summed E-state index contributed by atoms with van der Waals surface area (Å²) in [6.45, 7) is 6.33. The molecule has 0 unspecified atom stereocenters. The van der Waals surface area contributed by atoms with Gasteiger partial charge in [0.1, 0.15) is 17.5 Å². The fraction of sp³-hybridized carbons (Fsp3) is 0.231. The lowest BCUT2D eigenvalue weighted by atomic mass is 10.1. The van der Waals surface area contributed by atoms with E-state index in [4.69, 9.17) is 5.73 Å². The van der Waals surface area contributed by atoms with Crippen molar-refractivity contribution in [2.24, 2.45) is 10.7 Å². The maximum atomic E-state index is 13.4. The van der Waals surface area contributed by atoms with Crippen molar-refractivity contribution in [2.45, 2.75) is 0 Å². The predicted octanol–water partition coefficient (Wildman–Crippen LogP) is 1.55. The predicted molar refractivity (Wildman–Crippen MR) is 140 cm³/mol. The average molecular weight is 505 g/mol. The van der Waals surface area contributed by atoms with Gasteiger partial charge in [0.2, 0.25) is 11.8 Å². The smallest absolute Gasteiger partial charge is 0.242 e. The monoisotopic (exact) mass is 504 g/mol. The number of hydrogen-bond donors (Lipinski definition) is 3. The summed E-state index contributed by atoms with van der Waals surface area (Å²) in [7, 11) is 0. The second-order valence-corrected chi connectivity index (χ2v) is 8.48. The van der Waals surface area contributed by atoms with Crippen molar-refractivity contribution in [2.75, 3.05) is 44.6 Å². The summed E-state index contributed by atoms with van der Waals surface area (Å²) >= 11 is 0. The number of nitrogens with two attached hydrogens (primary N) is 1. The van der Waals surface area contributed by atoms with E-state index in [-0.39, 0.29) is 30.7 Å². The Hall–Kier alpha value is -4.51. The summed E-state index contributed by atoms with van der Waals surface area (Å²) < 4.78 is 13.4. The molecule has 2 aliphatic rings. The summed E-state index contributed by atoms with van der Waals surface area (Å²) in [5.41, 5.74) is 7.91. The molecule has 37 heavy (non-hydrogen) atoms. The summed E-state index contributed by atoms with van der Waals surface area (Å²) in [4.78, 5) is 38.9. The Morgan fingerprint density at radius 2 is 1.84 bits per heavy atom. The van der Waals surface area contributed by atoms with Gasteiger partial charge < -0.3 is 21.3 Å². The number of amides is 2. The third-order valence-electron chi connectivity index (χ3n) is 5.92. The molecule has 4 rings (SSSR count). The maximum absolute atomic E-state index is 13.4. The number of pyridine rings is 1. The molecule has 4 N–H and O–H groups in total. The number of carbonyl (C=O) groups is 2. The minimum Gasteiger partial charge on any atom is -0.395 e. The van der Waals surface area contributed by atoms with Crippen LogP contribution in [-0.2, 0) is 9.59 Å². The van der Waals surface area contributed by atoms with E-state index >= 15 is 0 Å². The first-order valence-electron chi connectivity index (χ1n) is 11.8. The molecule has 11 heteroatoms. The van der Waals surface area contributed by atoms with Crippen molar-refractivity contribution in [3.05, 3.63) is 90.5 Å². The SMILES string of the molecule is C=C1C=NC=CN1/C(NCC(=O)N1CCN(CC(=O)Nc2ccccn2)CC1)=C(\N)c1ccc(F)cc1. The number of nitrogens with zero attached hydrogens (tertiary/aromatic N) is 5. The van der Waals surface area contributed by atoms with Gasteiger partial charge in [-0.15, -0.1) is 0 Å². The van der Waals surface area contributed by atoms with Crippen LogP contribution in [0.15, 0.2) is 84.2 Å². The molecule has 1 fully saturated rings. The van der Waals surface area contributed by atoms with Crippen LogP contribution in [0.1, 0.15) is 5.56 Å². The Bertz CT molecular complexity index is 1220. The molecule has 3 heterocycles. The molecule has 1 aromatic heterocycles. The lowest BCUT2D eigenvalue weighted by Gasteiger charge is -2.35. The molecule has 10 nitrogen and oxygen atoms in total. The molecule has 0 saturated carbocycles. The summed E-state index contributed by atoms with van der Waals surface area (Å²) in [6.07, 6.45) is 6.46. The highest BCUT2D eigenvalue weighted by atomic mass is 19.1. The molecule has 0 radical (unpaired) electrons. The Kier molecular flexibility index (Phi) is 8.26. The topological polar surface area (TPSA) is 119 Å². The number of rotatable bonds is 8. The first-order chi connectivity index (χ1) is 17.9. The second-order valence-electron chi connectivity index (χ2n) is 8.48. The van der Waals surface area contributed by atoms with E-state index in [1.165, 1.54) is 12.1 Å². The van der Waals surface area contributed by atoms with E-state index < -0.39 is 0 Å². The van der Waals surface area contributed by atoms with Crippen LogP contribution in [0.4, 0.5) is 10.2 Å². The van der Waals surface area contributed by atoms with Gasteiger partial charge in [0.15, 0.2) is 0 Å². The zero-order valence-corrected chi connectivity index (χ0v) is 20.3. The average Bonchev–Trinajstić information content (AvgIpc) is 2.91. The van der Waals surface area contributed by atoms with Crippen molar-refractivity contribution >= 4 is 29.5 Å². The molecule has 192 valence electrons. The van der Waals surface area contributed by atoms with Gasteiger partial charge in [0.25, 0.3) is 0 Å². The van der Waals surface area contributed by atoms with Gasteiger partial charge >= 0.3 is 0 Å². The minimum atomic E-state index is -0.371. The highest BCUT2D eigenvalue weighted by Crippen LogP contribution is 2.20. The number of anilines is 1. The standard InChI is InChI=1S/C26H29FN8O2/c1-19-16-29-10-11-35(19)26(25(28)20-5-7-21(27)8-6-20)31-17-24(37)34-14-12-33(13-15-34)18-23(36)32-22-4-2-3-9-30-22/h2-11,16,31H,1,12-15,17-18,28H2,(H,30,32,36)/b26-25-. The zero-order chi connectivity index (χ0) is 26.2. The van der Waals surface area contributed by atoms with Gasteiger partial charge in [-0.1, -0.05) is 12.6 Å². The van der Waals surface area contributed by atoms with E-state index in [2.05, 4.69) is 27.2 Å². The normalized spacial score (nSPS) is 16.4. The van der Waals surface area contributed by atoms with Crippen LogP contribution in [0.2, 0.25) is 0 Å². The number of halogens is 1. The fourth-order valence-electron chi connectivity index (χ4n) is 3.94. The lowest BCUT2D eigenvalue weighted by Crippen LogP contribution is -2.52.